The summed E-state index contributed by atoms with van der Waals surface area (Å²) in [5.41, 5.74) is -8.49. The highest BCUT2D eigenvalue weighted by Gasteiger charge is 2.72. The maximum absolute atomic E-state index is 13.7. The average molecular weight is 657 g/mol. The van der Waals surface area contributed by atoms with Crippen LogP contribution in [0.3, 0.4) is 0 Å². The number of nitrogens with zero attached hydrogens (tertiary/aromatic N) is 4. The number of allylic oxidation sites excluding steroid dienone is 4. The van der Waals surface area contributed by atoms with E-state index in [2.05, 4.69) is 20.6 Å². The number of piperazine rings is 2. The molecule has 0 aromatic carbocycles. The van der Waals surface area contributed by atoms with Gasteiger partial charge in [0.25, 0.3) is 5.60 Å². The first-order valence-corrected chi connectivity index (χ1v) is 15.1. The molecule has 43 heavy (non-hydrogen) atoms. The zero-order valence-corrected chi connectivity index (χ0v) is 24.7. The minimum atomic E-state index is -6.14. The van der Waals surface area contributed by atoms with Gasteiger partial charge in [0.15, 0.2) is 5.82 Å². The molecule has 0 radical (unpaired) electrons. The minimum absolute atomic E-state index is 0.00163. The Bertz CT molecular complexity index is 1400. The predicted octanol–water partition coefficient (Wildman–Crippen LogP) is 1.89. The lowest BCUT2D eigenvalue weighted by atomic mass is 9.90. The molecular formula is C25H30F6N6O4S2. The van der Waals surface area contributed by atoms with Crippen molar-refractivity contribution in [2.75, 3.05) is 39.3 Å². The van der Waals surface area contributed by atoms with Crippen molar-refractivity contribution in [1.82, 2.24) is 29.8 Å². The van der Waals surface area contributed by atoms with Crippen LogP contribution in [0.5, 0.6) is 0 Å². The van der Waals surface area contributed by atoms with E-state index in [9.17, 15) is 44.7 Å². The van der Waals surface area contributed by atoms with Gasteiger partial charge in [-0.2, -0.15) is 30.6 Å². The molecular weight excluding hydrogens is 626 g/mol. The number of rotatable bonds is 7. The molecule has 1 aromatic heterocycles. The first kappa shape index (κ1) is 33.4. The SMILES string of the molecule is CC(C)[C@H]1C(=O)NCCN1C[C@@]1(c2ncc(C(O)(C(F)(F)F)C(F)(F)F)cn2)CN(S(=O)(=O)C2=CC=CCC2=S)CCN1. The predicted molar refractivity (Wildman–Crippen MR) is 146 cm³/mol. The van der Waals surface area contributed by atoms with Crippen molar-refractivity contribution in [2.24, 2.45) is 5.92 Å². The van der Waals surface area contributed by atoms with Crippen molar-refractivity contribution in [2.45, 2.75) is 49.8 Å². The molecule has 2 saturated heterocycles. The third-order valence-corrected chi connectivity index (χ3v) is 10.1. The summed E-state index contributed by atoms with van der Waals surface area (Å²) in [5.74, 6) is -0.830. The zero-order valence-electron chi connectivity index (χ0n) is 23.0. The van der Waals surface area contributed by atoms with Crippen molar-refractivity contribution in [3.63, 3.8) is 0 Å². The fraction of sp³-hybridized carbons (Fsp3) is 0.600. The summed E-state index contributed by atoms with van der Waals surface area (Å²) in [6.45, 7) is 3.60. The van der Waals surface area contributed by atoms with E-state index in [0.717, 1.165) is 4.31 Å². The van der Waals surface area contributed by atoms with E-state index in [1.54, 1.807) is 30.9 Å². The normalized spacial score (nSPS) is 25.2. The summed E-state index contributed by atoms with van der Waals surface area (Å²) in [6, 6.07) is -0.682. The summed E-state index contributed by atoms with van der Waals surface area (Å²) in [4.78, 5) is 22.2. The van der Waals surface area contributed by atoms with E-state index in [0.29, 0.717) is 6.54 Å². The van der Waals surface area contributed by atoms with Gasteiger partial charge in [-0.15, -0.1) is 0 Å². The van der Waals surface area contributed by atoms with Crippen LogP contribution in [0.1, 0.15) is 31.7 Å². The van der Waals surface area contributed by atoms with E-state index in [1.165, 1.54) is 6.08 Å². The molecule has 1 aromatic rings. The highest BCUT2D eigenvalue weighted by Crippen LogP contribution is 2.49. The number of hydrogen-bond donors (Lipinski definition) is 3. The Kier molecular flexibility index (Phi) is 9.14. The fourth-order valence-electron chi connectivity index (χ4n) is 5.51. The van der Waals surface area contributed by atoms with E-state index >= 15 is 0 Å². The number of hydrogen-bond acceptors (Lipinski definition) is 9. The zero-order chi connectivity index (χ0) is 32.0. The van der Waals surface area contributed by atoms with Crippen LogP contribution >= 0.6 is 12.2 Å². The van der Waals surface area contributed by atoms with Crippen LogP contribution in [0, 0.1) is 5.92 Å². The van der Waals surface area contributed by atoms with Gasteiger partial charge in [0.2, 0.25) is 15.9 Å². The van der Waals surface area contributed by atoms with Crippen molar-refractivity contribution in [3.8, 4) is 0 Å². The summed E-state index contributed by atoms with van der Waals surface area (Å²) in [7, 11) is -4.19. The second-order valence-electron chi connectivity index (χ2n) is 10.9. The molecule has 1 amide bonds. The van der Waals surface area contributed by atoms with Gasteiger partial charge in [0.05, 0.1) is 10.9 Å². The summed E-state index contributed by atoms with van der Waals surface area (Å²) >= 11 is 5.27. The Labute approximate surface area is 249 Å². The maximum atomic E-state index is 13.7. The molecule has 0 spiro atoms. The van der Waals surface area contributed by atoms with Crippen LogP contribution in [-0.4, -0.2) is 101 Å². The molecule has 3 N–H and O–H groups in total. The Morgan fingerprint density at radius 1 is 1.12 bits per heavy atom. The summed E-state index contributed by atoms with van der Waals surface area (Å²) < 4.78 is 109. The number of carbonyl (C=O) groups is 1. The van der Waals surface area contributed by atoms with Crippen LogP contribution in [0.15, 0.2) is 35.5 Å². The Hall–Kier alpha value is -2.51. The third-order valence-electron chi connectivity index (χ3n) is 7.63. The van der Waals surface area contributed by atoms with Gasteiger partial charge < -0.3 is 15.7 Å². The highest BCUT2D eigenvalue weighted by atomic mass is 32.2. The molecule has 0 saturated carbocycles. The van der Waals surface area contributed by atoms with Crippen molar-refractivity contribution < 1.29 is 44.7 Å². The van der Waals surface area contributed by atoms with E-state index in [4.69, 9.17) is 12.2 Å². The van der Waals surface area contributed by atoms with Crippen LogP contribution < -0.4 is 10.6 Å². The molecule has 4 rings (SSSR count). The van der Waals surface area contributed by atoms with Gasteiger partial charge in [0, 0.05) is 68.5 Å². The number of alkyl halides is 6. The molecule has 2 aliphatic heterocycles. The third kappa shape index (κ3) is 6.09. The minimum Gasteiger partial charge on any atom is -0.369 e. The number of carbonyl (C=O) groups excluding carboxylic acids is 1. The van der Waals surface area contributed by atoms with Gasteiger partial charge in [-0.3, -0.25) is 9.69 Å². The first-order valence-electron chi connectivity index (χ1n) is 13.2. The van der Waals surface area contributed by atoms with Crippen LogP contribution in [0.25, 0.3) is 0 Å². The number of amides is 1. The Balaban J connectivity index is 1.81. The molecule has 2 atom stereocenters. The number of halogens is 6. The molecule has 1 aliphatic carbocycles. The molecule has 0 bridgehead atoms. The van der Waals surface area contributed by atoms with Crippen LogP contribution in [0.2, 0.25) is 0 Å². The topological polar surface area (TPSA) is 128 Å². The van der Waals surface area contributed by atoms with Gasteiger partial charge in [-0.1, -0.05) is 38.2 Å². The first-order chi connectivity index (χ1) is 19.8. The summed E-state index contributed by atoms with van der Waals surface area (Å²) in [6.07, 6.45) is -7.02. The largest absolute Gasteiger partial charge is 0.430 e. The van der Waals surface area contributed by atoms with Gasteiger partial charge in [-0.25, -0.2) is 18.4 Å². The molecule has 18 heteroatoms. The lowest BCUT2D eigenvalue weighted by Crippen LogP contribution is -2.68. The number of aliphatic hydroxyl groups is 1. The Morgan fingerprint density at radius 3 is 2.30 bits per heavy atom. The van der Waals surface area contributed by atoms with E-state index in [-0.39, 0.29) is 79.0 Å². The molecule has 238 valence electrons. The fourth-order valence-corrected chi connectivity index (χ4v) is 7.61. The van der Waals surface area contributed by atoms with Gasteiger partial charge in [-0.05, 0) is 12.0 Å². The second-order valence-corrected chi connectivity index (χ2v) is 13.3. The van der Waals surface area contributed by atoms with Crippen molar-refractivity contribution in [3.05, 3.63) is 46.9 Å². The number of thiocarbonyl (C=S) groups is 1. The van der Waals surface area contributed by atoms with Crippen molar-refractivity contribution in [1.29, 1.82) is 0 Å². The molecule has 2 fully saturated rings. The smallest absolute Gasteiger partial charge is 0.369 e. The standard InChI is InChI=1S/C25H30F6N6O4S2/c1-15(2)19-20(38)32-7-9-36(19)13-22(14-37(10-8-35-22)43(40,41)18-6-4-3-5-17(18)42)21-33-11-16(12-34-21)23(39,24(26,27)28)25(29,30)31/h3-4,6,11-12,15,19,35,39H,5,7-10,13-14H2,1-2H3,(H,32,38)/t19-,22-/m0/s1. The van der Waals surface area contributed by atoms with Crippen molar-refractivity contribution >= 4 is 33.0 Å². The number of sulfonamides is 1. The highest BCUT2D eigenvalue weighted by molar-refractivity contribution is 7.96. The lowest BCUT2D eigenvalue weighted by molar-refractivity contribution is -0.376. The van der Waals surface area contributed by atoms with E-state index in [1.807, 2.05) is 0 Å². The average Bonchev–Trinajstić information content (AvgIpc) is 2.91. The van der Waals surface area contributed by atoms with Crippen LogP contribution in [-0.2, 0) is 26.0 Å². The van der Waals surface area contributed by atoms with Crippen LogP contribution in [0.4, 0.5) is 26.3 Å². The monoisotopic (exact) mass is 656 g/mol. The lowest BCUT2D eigenvalue weighted by Gasteiger charge is -2.47. The molecule has 3 aliphatic rings. The molecule has 10 nitrogen and oxygen atoms in total. The maximum Gasteiger partial charge on any atom is 0.430 e. The second kappa shape index (κ2) is 11.8. The van der Waals surface area contributed by atoms with Gasteiger partial charge >= 0.3 is 12.4 Å². The number of aromatic nitrogens is 2. The number of nitrogens with one attached hydrogen (secondary N) is 2. The molecule has 0 unspecified atom stereocenters. The van der Waals surface area contributed by atoms with Gasteiger partial charge in [0.1, 0.15) is 5.54 Å². The van der Waals surface area contributed by atoms with E-state index < -0.39 is 45.1 Å². The molecule has 3 heterocycles. The quantitative estimate of drug-likeness (QED) is 0.298. The summed E-state index contributed by atoms with van der Waals surface area (Å²) in [5, 5.41) is 15.7. The Morgan fingerprint density at radius 2 is 1.74 bits per heavy atom.